The zero-order chi connectivity index (χ0) is 20.8. The highest BCUT2D eigenvalue weighted by Crippen LogP contribution is 2.55. The Morgan fingerprint density at radius 3 is 2.38 bits per heavy atom. The van der Waals surface area contributed by atoms with Gasteiger partial charge in [0.25, 0.3) is 0 Å². The maximum Gasteiger partial charge on any atom is 0.176 e. The summed E-state index contributed by atoms with van der Waals surface area (Å²) in [5, 5.41) is 20.6. The van der Waals surface area contributed by atoms with Gasteiger partial charge < -0.3 is 4.90 Å². The number of aromatic nitrogens is 1. The molecule has 0 bridgehead atoms. The van der Waals surface area contributed by atoms with Crippen molar-refractivity contribution in [2.24, 2.45) is 10.8 Å². The quantitative estimate of drug-likeness (QED) is 0.781. The van der Waals surface area contributed by atoms with Gasteiger partial charge in [-0.2, -0.15) is 10.5 Å². The van der Waals surface area contributed by atoms with Gasteiger partial charge in [0, 0.05) is 29.4 Å². The summed E-state index contributed by atoms with van der Waals surface area (Å²) in [6, 6.07) is 14.9. The molecule has 1 saturated heterocycles. The van der Waals surface area contributed by atoms with Crippen LogP contribution in [0.1, 0.15) is 37.8 Å². The van der Waals surface area contributed by atoms with Gasteiger partial charge >= 0.3 is 0 Å². The van der Waals surface area contributed by atoms with E-state index in [4.69, 9.17) is 0 Å². The van der Waals surface area contributed by atoms with Gasteiger partial charge in [-0.05, 0) is 29.3 Å². The molecule has 0 spiro atoms. The van der Waals surface area contributed by atoms with Gasteiger partial charge in [0.05, 0.1) is 24.2 Å². The summed E-state index contributed by atoms with van der Waals surface area (Å²) < 4.78 is 0. The Kier molecular flexibility index (Phi) is 4.28. The highest BCUT2D eigenvalue weighted by Gasteiger charge is 2.64. The van der Waals surface area contributed by atoms with Crippen molar-refractivity contribution in [3.05, 3.63) is 66.0 Å². The largest absolute Gasteiger partial charge is 0.351 e. The number of rotatable bonds is 2. The van der Waals surface area contributed by atoms with E-state index in [0.717, 1.165) is 16.8 Å². The average Bonchev–Trinajstić information content (AvgIpc) is 3.04. The van der Waals surface area contributed by atoms with Gasteiger partial charge in [-0.3, -0.25) is 9.78 Å². The van der Waals surface area contributed by atoms with Crippen LogP contribution in [-0.4, -0.2) is 22.9 Å². The first kappa shape index (κ1) is 18.9. The average molecular weight is 382 g/mol. The summed E-state index contributed by atoms with van der Waals surface area (Å²) in [4.78, 5) is 19.8. The number of hydrogen-bond acceptors (Lipinski definition) is 5. The predicted molar refractivity (Wildman–Crippen MR) is 111 cm³/mol. The van der Waals surface area contributed by atoms with Crippen molar-refractivity contribution in [1.82, 2.24) is 4.98 Å². The summed E-state index contributed by atoms with van der Waals surface area (Å²) >= 11 is 0. The van der Waals surface area contributed by atoms with Crippen LogP contribution in [0.2, 0.25) is 0 Å². The lowest BCUT2D eigenvalue weighted by Gasteiger charge is -2.37. The second kappa shape index (κ2) is 6.57. The third-order valence-corrected chi connectivity index (χ3v) is 5.99. The molecule has 0 saturated carbocycles. The van der Waals surface area contributed by atoms with E-state index < -0.39 is 28.8 Å². The Morgan fingerprint density at radius 2 is 1.76 bits per heavy atom. The fourth-order valence-electron chi connectivity index (χ4n) is 4.62. The lowest BCUT2D eigenvalue weighted by molar-refractivity contribution is -0.127. The molecule has 2 aliphatic heterocycles. The van der Waals surface area contributed by atoms with Crippen molar-refractivity contribution >= 4 is 17.5 Å². The van der Waals surface area contributed by atoms with Crippen molar-refractivity contribution < 1.29 is 4.79 Å². The van der Waals surface area contributed by atoms with Crippen molar-refractivity contribution in [2.45, 2.75) is 38.8 Å². The maximum absolute atomic E-state index is 13.7. The van der Waals surface area contributed by atoms with Crippen molar-refractivity contribution in [3.63, 3.8) is 0 Å². The van der Waals surface area contributed by atoms with E-state index in [1.807, 2.05) is 74.2 Å². The summed E-state index contributed by atoms with van der Waals surface area (Å²) in [5.41, 5.74) is 0.629. The molecule has 1 aromatic heterocycles. The number of ketones is 1. The van der Waals surface area contributed by atoms with Crippen LogP contribution in [0.4, 0.5) is 5.69 Å². The first-order valence-corrected chi connectivity index (χ1v) is 9.67. The molecule has 0 aliphatic carbocycles. The number of nitrogens with zero attached hydrogens (tertiary/aromatic N) is 4. The van der Waals surface area contributed by atoms with Crippen LogP contribution >= 0.6 is 0 Å². The molecule has 3 heterocycles. The standard InChI is InChI=1S/C24H22N4O/c1-23(2,3)22(29)21-20(17-10-12-27-13-11-17)24(14-25,15-26)19-9-8-16-6-4-5-7-18(16)28(19)21/h4-13,19-21H,1-3H3/t19-,20-,21+/m0/s1. The molecule has 3 atom stereocenters. The fraction of sp³-hybridized carbons (Fsp3) is 0.333. The number of carbonyl (C=O) groups excluding carboxylic acids is 1. The lowest BCUT2D eigenvalue weighted by atomic mass is 9.68. The minimum atomic E-state index is -1.39. The molecular weight excluding hydrogens is 360 g/mol. The van der Waals surface area contributed by atoms with E-state index in [-0.39, 0.29) is 5.78 Å². The number of carbonyl (C=O) groups is 1. The summed E-state index contributed by atoms with van der Waals surface area (Å²) in [7, 11) is 0. The molecule has 5 nitrogen and oxygen atoms in total. The van der Waals surface area contributed by atoms with E-state index in [1.54, 1.807) is 12.4 Å². The van der Waals surface area contributed by atoms with Crippen LogP contribution in [0, 0.1) is 33.5 Å². The molecule has 2 aromatic rings. The fourth-order valence-corrected chi connectivity index (χ4v) is 4.62. The summed E-state index contributed by atoms with van der Waals surface area (Å²) in [6.45, 7) is 5.66. The van der Waals surface area contributed by atoms with E-state index in [0.29, 0.717) is 0 Å². The van der Waals surface area contributed by atoms with Gasteiger partial charge in [0.15, 0.2) is 11.2 Å². The zero-order valence-corrected chi connectivity index (χ0v) is 16.7. The number of para-hydroxylation sites is 1. The second-order valence-corrected chi connectivity index (χ2v) is 8.68. The van der Waals surface area contributed by atoms with Crippen LogP contribution in [0.15, 0.2) is 54.9 Å². The number of fused-ring (bicyclic) bond motifs is 3. The van der Waals surface area contributed by atoms with E-state index >= 15 is 0 Å². The van der Waals surface area contributed by atoms with E-state index in [9.17, 15) is 15.3 Å². The Morgan fingerprint density at radius 1 is 1.10 bits per heavy atom. The zero-order valence-electron chi connectivity index (χ0n) is 16.7. The number of benzene rings is 1. The normalized spacial score (nSPS) is 24.2. The summed E-state index contributed by atoms with van der Waals surface area (Å²) in [6.07, 6.45) is 7.15. The van der Waals surface area contributed by atoms with Crippen LogP contribution in [-0.2, 0) is 4.79 Å². The number of hydrogen-bond donors (Lipinski definition) is 0. The van der Waals surface area contributed by atoms with Crippen LogP contribution in [0.3, 0.4) is 0 Å². The molecule has 2 aliphatic rings. The number of pyridine rings is 1. The van der Waals surface area contributed by atoms with E-state index in [2.05, 4.69) is 17.1 Å². The highest BCUT2D eigenvalue weighted by molar-refractivity contribution is 5.96. The van der Waals surface area contributed by atoms with Gasteiger partial charge in [-0.15, -0.1) is 0 Å². The molecule has 29 heavy (non-hydrogen) atoms. The van der Waals surface area contributed by atoms with Gasteiger partial charge in [-0.1, -0.05) is 51.1 Å². The highest BCUT2D eigenvalue weighted by atomic mass is 16.1. The van der Waals surface area contributed by atoms with Crippen LogP contribution in [0.5, 0.6) is 0 Å². The number of nitriles is 2. The molecule has 1 aromatic carbocycles. The van der Waals surface area contributed by atoms with Crippen molar-refractivity contribution in [1.29, 1.82) is 10.5 Å². The first-order valence-electron chi connectivity index (χ1n) is 9.67. The molecule has 1 fully saturated rings. The number of anilines is 1. The second-order valence-electron chi connectivity index (χ2n) is 8.68. The van der Waals surface area contributed by atoms with Crippen LogP contribution < -0.4 is 4.90 Å². The molecule has 4 rings (SSSR count). The Bertz CT molecular complexity index is 1050. The lowest BCUT2D eigenvalue weighted by Crippen LogP contribution is -2.47. The SMILES string of the molecule is CC(C)(C)C(=O)[C@H]1[C@H](c2ccncc2)C(C#N)(C#N)[C@@H]2C=Cc3ccccc3N21. The minimum Gasteiger partial charge on any atom is -0.351 e. The molecule has 0 radical (unpaired) electrons. The topological polar surface area (TPSA) is 80.8 Å². The van der Waals surface area contributed by atoms with Crippen LogP contribution in [0.25, 0.3) is 6.08 Å². The molecule has 0 amide bonds. The Balaban J connectivity index is 2.03. The maximum atomic E-state index is 13.7. The summed E-state index contributed by atoms with van der Waals surface area (Å²) in [5.74, 6) is -0.574. The monoisotopic (exact) mass is 382 g/mol. The van der Waals surface area contributed by atoms with Gasteiger partial charge in [0.2, 0.25) is 0 Å². The minimum absolute atomic E-state index is 0.0155. The number of Topliss-reactive ketones (excluding diaryl/α,β-unsaturated/α-hetero) is 1. The predicted octanol–water partition coefficient (Wildman–Crippen LogP) is 4.10. The molecule has 5 heteroatoms. The molecule has 144 valence electrons. The smallest absolute Gasteiger partial charge is 0.176 e. The Hall–Kier alpha value is -3.44. The third kappa shape index (κ3) is 2.66. The van der Waals surface area contributed by atoms with Crippen molar-refractivity contribution in [3.8, 4) is 12.1 Å². The molecular formula is C24H22N4O. The van der Waals surface area contributed by atoms with Gasteiger partial charge in [0.1, 0.15) is 0 Å². The molecule has 0 unspecified atom stereocenters. The Labute approximate surface area is 170 Å². The van der Waals surface area contributed by atoms with Crippen molar-refractivity contribution in [2.75, 3.05) is 4.90 Å². The third-order valence-electron chi connectivity index (χ3n) is 5.99. The van der Waals surface area contributed by atoms with E-state index in [1.165, 1.54) is 0 Å². The first-order chi connectivity index (χ1) is 13.8. The molecule has 0 N–H and O–H groups in total. The van der Waals surface area contributed by atoms with Gasteiger partial charge in [-0.25, -0.2) is 0 Å².